The molecule has 0 aromatic heterocycles. The maximum absolute atomic E-state index is 13.1. The number of nitrogens with zero attached hydrogens (tertiary/aromatic N) is 3. The van der Waals surface area contributed by atoms with Crippen LogP contribution in [0.15, 0.2) is 54.6 Å². The van der Waals surface area contributed by atoms with Crippen LogP contribution in [0.3, 0.4) is 0 Å². The van der Waals surface area contributed by atoms with Gasteiger partial charge in [0.05, 0.1) is 24.8 Å². The molecule has 2 saturated heterocycles. The van der Waals surface area contributed by atoms with Crippen LogP contribution in [0.5, 0.6) is 5.75 Å². The summed E-state index contributed by atoms with van der Waals surface area (Å²) in [6.45, 7) is 7.02. The predicted octanol–water partition coefficient (Wildman–Crippen LogP) is 2.93. The number of imide groups is 1. The zero-order chi connectivity index (χ0) is 20.9. The zero-order valence-corrected chi connectivity index (χ0v) is 17.5. The third-order valence-corrected chi connectivity index (χ3v) is 5.79. The van der Waals surface area contributed by atoms with Crippen molar-refractivity contribution in [2.45, 2.75) is 32.4 Å². The van der Waals surface area contributed by atoms with Gasteiger partial charge in [-0.05, 0) is 36.2 Å². The summed E-state index contributed by atoms with van der Waals surface area (Å²) < 4.78 is 5.59. The molecule has 0 bridgehead atoms. The first-order valence-electron chi connectivity index (χ1n) is 10.8. The standard InChI is InChI=1S/C24H29N3O3/c1-2-16-30-21-10-8-20(9-11-21)27-23(28)17-22(24(27)29)26-14-12-25(13-15-26)18-19-6-4-3-5-7-19/h3-11,22H,2,12-18H2,1H3. The molecule has 0 saturated carbocycles. The Morgan fingerprint density at radius 3 is 2.30 bits per heavy atom. The van der Waals surface area contributed by atoms with Gasteiger partial charge in [0.15, 0.2) is 0 Å². The van der Waals surface area contributed by atoms with E-state index in [1.54, 1.807) is 12.1 Å². The number of benzene rings is 2. The number of piperazine rings is 1. The van der Waals surface area contributed by atoms with Crippen LogP contribution < -0.4 is 9.64 Å². The van der Waals surface area contributed by atoms with Crippen LogP contribution in [-0.4, -0.2) is 60.4 Å². The average Bonchev–Trinajstić information content (AvgIpc) is 3.08. The van der Waals surface area contributed by atoms with Gasteiger partial charge in [-0.2, -0.15) is 0 Å². The molecule has 4 rings (SSSR count). The summed E-state index contributed by atoms with van der Waals surface area (Å²) >= 11 is 0. The molecule has 6 heteroatoms. The van der Waals surface area contributed by atoms with E-state index in [9.17, 15) is 9.59 Å². The SMILES string of the molecule is CCCOc1ccc(N2C(=O)CC(N3CCN(Cc4ccccc4)CC3)C2=O)cc1. The van der Waals surface area contributed by atoms with Crippen molar-refractivity contribution >= 4 is 17.5 Å². The van der Waals surface area contributed by atoms with Gasteiger partial charge in [-0.25, -0.2) is 4.90 Å². The molecule has 2 heterocycles. The Morgan fingerprint density at radius 2 is 1.63 bits per heavy atom. The van der Waals surface area contributed by atoms with E-state index in [1.807, 2.05) is 18.2 Å². The lowest BCUT2D eigenvalue weighted by Crippen LogP contribution is -2.52. The minimum atomic E-state index is -0.354. The second-order valence-electron chi connectivity index (χ2n) is 7.93. The number of ether oxygens (including phenoxy) is 1. The van der Waals surface area contributed by atoms with Gasteiger partial charge in [-0.3, -0.25) is 19.4 Å². The lowest BCUT2D eigenvalue weighted by Gasteiger charge is -2.37. The van der Waals surface area contributed by atoms with E-state index in [0.717, 1.165) is 44.9 Å². The van der Waals surface area contributed by atoms with Crippen molar-refractivity contribution in [3.8, 4) is 5.75 Å². The molecule has 2 aliphatic rings. The van der Waals surface area contributed by atoms with Gasteiger partial charge in [0.2, 0.25) is 5.91 Å². The Hall–Kier alpha value is -2.70. The monoisotopic (exact) mass is 407 g/mol. The highest BCUT2D eigenvalue weighted by atomic mass is 16.5. The summed E-state index contributed by atoms with van der Waals surface area (Å²) in [6, 6.07) is 17.3. The van der Waals surface area contributed by atoms with Gasteiger partial charge in [-0.1, -0.05) is 37.3 Å². The summed E-state index contributed by atoms with van der Waals surface area (Å²) in [6.07, 6.45) is 1.19. The van der Waals surface area contributed by atoms with Crippen LogP contribution in [-0.2, 0) is 16.1 Å². The normalized spacial score (nSPS) is 20.7. The van der Waals surface area contributed by atoms with Crippen molar-refractivity contribution in [1.29, 1.82) is 0 Å². The first-order valence-corrected chi connectivity index (χ1v) is 10.8. The fourth-order valence-corrected chi connectivity index (χ4v) is 4.16. The number of hydrogen-bond acceptors (Lipinski definition) is 5. The maximum Gasteiger partial charge on any atom is 0.251 e. The predicted molar refractivity (Wildman–Crippen MR) is 116 cm³/mol. The summed E-state index contributed by atoms with van der Waals surface area (Å²) in [5.74, 6) is 0.517. The maximum atomic E-state index is 13.1. The first kappa shape index (κ1) is 20.6. The van der Waals surface area contributed by atoms with Gasteiger partial charge in [0.25, 0.3) is 5.91 Å². The molecule has 6 nitrogen and oxygen atoms in total. The van der Waals surface area contributed by atoms with Gasteiger partial charge >= 0.3 is 0 Å². The summed E-state index contributed by atoms with van der Waals surface area (Å²) in [4.78, 5) is 31.6. The van der Waals surface area contributed by atoms with E-state index >= 15 is 0 Å². The Kier molecular flexibility index (Phi) is 6.45. The lowest BCUT2D eigenvalue weighted by molar-refractivity contribution is -0.123. The van der Waals surface area contributed by atoms with E-state index in [-0.39, 0.29) is 24.3 Å². The third kappa shape index (κ3) is 4.55. The smallest absolute Gasteiger partial charge is 0.251 e. The second-order valence-corrected chi connectivity index (χ2v) is 7.93. The molecule has 0 aliphatic carbocycles. The first-order chi connectivity index (χ1) is 14.7. The van der Waals surface area contributed by atoms with Gasteiger partial charge < -0.3 is 4.74 Å². The van der Waals surface area contributed by atoms with Crippen molar-refractivity contribution in [1.82, 2.24) is 9.80 Å². The molecule has 2 aromatic carbocycles. The van der Waals surface area contributed by atoms with Crippen LogP contribution in [0.2, 0.25) is 0 Å². The molecule has 0 radical (unpaired) electrons. The van der Waals surface area contributed by atoms with E-state index in [4.69, 9.17) is 4.74 Å². The molecule has 2 amide bonds. The summed E-state index contributed by atoms with van der Waals surface area (Å²) in [7, 11) is 0. The van der Waals surface area contributed by atoms with Crippen molar-refractivity contribution in [2.75, 3.05) is 37.7 Å². The molecule has 2 aliphatic heterocycles. The quantitative estimate of drug-likeness (QED) is 0.661. The molecule has 0 spiro atoms. The molecule has 158 valence electrons. The van der Waals surface area contributed by atoms with Crippen LogP contribution in [0, 0.1) is 0 Å². The molecule has 2 fully saturated rings. The largest absolute Gasteiger partial charge is 0.494 e. The Bertz CT molecular complexity index is 861. The van der Waals surface area contributed by atoms with Crippen LogP contribution in [0.1, 0.15) is 25.3 Å². The molecule has 1 unspecified atom stereocenters. The number of anilines is 1. The molecule has 2 aromatic rings. The zero-order valence-electron chi connectivity index (χ0n) is 17.5. The van der Waals surface area contributed by atoms with Gasteiger partial charge in [0, 0.05) is 32.7 Å². The van der Waals surface area contributed by atoms with E-state index in [0.29, 0.717) is 12.3 Å². The fourth-order valence-electron chi connectivity index (χ4n) is 4.16. The average molecular weight is 408 g/mol. The van der Waals surface area contributed by atoms with Gasteiger partial charge in [-0.15, -0.1) is 0 Å². The lowest BCUT2D eigenvalue weighted by atomic mass is 10.1. The highest BCUT2D eigenvalue weighted by Crippen LogP contribution is 2.28. The Balaban J connectivity index is 1.35. The molecule has 0 N–H and O–H groups in total. The van der Waals surface area contributed by atoms with E-state index < -0.39 is 0 Å². The minimum Gasteiger partial charge on any atom is -0.494 e. The highest BCUT2D eigenvalue weighted by Gasteiger charge is 2.43. The van der Waals surface area contributed by atoms with Crippen molar-refractivity contribution in [3.63, 3.8) is 0 Å². The van der Waals surface area contributed by atoms with E-state index in [2.05, 4.69) is 41.0 Å². The number of hydrogen-bond donors (Lipinski definition) is 0. The van der Waals surface area contributed by atoms with E-state index in [1.165, 1.54) is 10.5 Å². The summed E-state index contributed by atoms with van der Waals surface area (Å²) in [5.41, 5.74) is 1.93. The van der Waals surface area contributed by atoms with Crippen LogP contribution >= 0.6 is 0 Å². The Morgan fingerprint density at radius 1 is 0.933 bits per heavy atom. The van der Waals surface area contributed by atoms with Crippen molar-refractivity contribution in [2.24, 2.45) is 0 Å². The molecular weight excluding hydrogens is 378 g/mol. The Labute approximate surface area is 178 Å². The van der Waals surface area contributed by atoms with Gasteiger partial charge in [0.1, 0.15) is 5.75 Å². The van der Waals surface area contributed by atoms with Crippen LogP contribution in [0.4, 0.5) is 5.69 Å². The fraction of sp³-hybridized carbons (Fsp3) is 0.417. The highest BCUT2D eigenvalue weighted by molar-refractivity contribution is 6.22. The summed E-state index contributed by atoms with van der Waals surface area (Å²) in [5, 5.41) is 0. The number of carbonyl (C=O) groups excluding carboxylic acids is 2. The van der Waals surface area contributed by atoms with Crippen LogP contribution in [0.25, 0.3) is 0 Å². The van der Waals surface area contributed by atoms with Crippen molar-refractivity contribution < 1.29 is 14.3 Å². The minimum absolute atomic E-state index is 0.112. The topological polar surface area (TPSA) is 53.1 Å². The molecular formula is C24H29N3O3. The molecule has 30 heavy (non-hydrogen) atoms. The second kappa shape index (κ2) is 9.41. The molecule has 1 atom stereocenters. The number of carbonyl (C=O) groups is 2. The number of rotatable bonds is 7. The number of amides is 2. The third-order valence-electron chi connectivity index (χ3n) is 5.79. The van der Waals surface area contributed by atoms with Crippen molar-refractivity contribution in [3.05, 3.63) is 60.2 Å².